The predicted octanol–water partition coefficient (Wildman–Crippen LogP) is 6.05. The van der Waals surface area contributed by atoms with Gasteiger partial charge in [0.25, 0.3) is 0 Å². The van der Waals surface area contributed by atoms with Crippen molar-refractivity contribution in [2.24, 2.45) is 0 Å². The molecule has 2 unspecified atom stereocenters. The molecule has 0 saturated heterocycles. The Morgan fingerprint density at radius 3 is 2.36 bits per heavy atom. The Bertz CT molecular complexity index is 801. The summed E-state index contributed by atoms with van der Waals surface area (Å²) in [4.78, 5) is 0. The number of hydrogen-bond acceptors (Lipinski definition) is 0. The topological polar surface area (TPSA) is 0 Å². The van der Waals surface area contributed by atoms with Crippen LogP contribution in [0.4, 0.5) is 0 Å². The van der Waals surface area contributed by atoms with E-state index in [0.717, 1.165) is 5.02 Å². The number of hydrogen-bond donors (Lipinski definition) is 0. The molecule has 110 valence electrons. The van der Waals surface area contributed by atoms with Gasteiger partial charge in [-0.15, -0.1) is 0 Å². The highest BCUT2D eigenvalue weighted by Crippen LogP contribution is 2.47. The second kappa shape index (κ2) is 4.97. The van der Waals surface area contributed by atoms with Gasteiger partial charge in [-0.05, 0) is 39.4 Å². The van der Waals surface area contributed by atoms with Crippen molar-refractivity contribution in [3.8, 4) is 0 Å². The summed E-state index contributed by atoms with van der Waals surface area (Å²) >= 11 is 6.38. The lowest BCUT2D eigenvalue weighted by atomic mass is 10.1. The van der Waals surface area contributed by atoms with E-state index < -0.39 is 8.07 Å². The van der Waals surface area contributed by atoms with E-state index in [-0.39, 0.29) is 0 Å². The van der Waals surface area contributed by atoms with Crippen LogP contribution in [0, 0.1) is 0 Å². The van der Waals surface area contributed by atoms with Crippen LogP contribution >= 0.6 is 11.6 Å². The maximum Gasteiger partial charge on any atom is 0.0715 e. The second-order valence-electron chi connectivity index (χ2n) is 6.87. The van der Waals surface area contributed by atoms with Gasteiger partial charge < -0.3 is 0 Å². The van der Waals surface area contributed by atoms with Crippen LogP contribution < -0.4 is 0 Å². The van der Waals surface area contributed by atoms with E-state index in [1.54, 1.807) is 0 Å². The summed E-state index contributed by atoms with van der Waals surface area (Å²) in [7, 11) is -1.59. The van der Waals surface area contributed by atoms with E-state index in [1.165, 1.54) is 22.3 Å². The van der Waals surface area contributed by atoms with Gasteiger partial charge in [-0.2, -0.15) is 0 Å². The average molecular weight is 323 g/mol. The smallest absolute Gasteiger partial charge is 0.0715 e. The number of halogens is 1. The van der Waals surface area contributed by atoms with Crippen LogP contribution in [-0.4, -0.2) is 8.07 Å². The Labute approximate surface area is 138 Å². The van der Waals surface area contributed by atoms with Crippen molar-refractivity contribution in [1.82, 2.24) is 0 Å². The molecule has 0 amide bonds. The lowest BCUT2D eigenvalue weighted by Crippen LogP contribution is -2.39. The minimum Gasteiger partial charge on any atom is -0.0837 e. The lowest BCUT2D eigenvalue weighted by molar-refractivity contribution is 1.05. The molecule has 2 atom stereocenters. The molecular weight excluding hydrogens is 304 g/mol. The van der Waals surface area contributed by atoms with Crippen LogP contribution in [0.25, 0.3) is 12.2 Å². The number of rotatable bonds is 2. The van der Waals surface area contributed by atoms with E-state index in [2.05, 4.69) is 73.8 Å². The molecule has 0 saturated carbocycles. The van der Waals surface area contributed by atoms with E-state index in [1.807, 2.05) is 6.07 Å². The molecule has 0 heterocycles. The molecule has 0 aliphatic heterocycles. The van der Waals surface area contributed by atoms with Gasteiger partial charge in [-0.1, -0.05) is 85.4 Å². The molecule has 0 bridgehead atoms. The van der Waals surface area contributed by atoms with Crippen molar-refractivity contribution < 1.29 is 0 Å². The van der Waals surface area contributed by atoms with Gasteiger partial charge in [0.15, 0.2) is 0 Å². The Morgan fingerprint density at radius 1 is 0.818 bits per heavy atom. The number of fused-ring (bicyclic) bond motifs is 2. The molecule has 2 aromatic rings. The van der Waals surface area contributed by atoms with Gasteiger partial charge in [0.1, 0.15) is 0 Å². The molecule has 2 aliphatic carbocycles. The first-order valence-corrected chi connectivity index (χ1v) is 11.4. The fourth-order valence-corrected chi connectivity index (χ4v) is 7.97. The Balaban J connectivity index is 1.77. The normalized spacial score (nSPS) is 22.0. The number of benzene rings is 2. The monoisotopic (exact) mass is 322 g/mol. The molecule has 0 radical (unpaired) electrons. The maximum absolute atomic E-state index is 6.38. The Kier molecular flexibility index (Phi) is 3.17. The van der Waals surface area contributed by atoms with Crippen molar-refractivity contribution in [1.29, 1.82) is 0 Å². The van der Waals surface area contributed by atoms with Gasteiger partial charge >= 0.3 is 0 Å². The van der Waals surface area contributed by atoms with Crippen molar-refractivity contribution in [3.05, 3.63) is 81.9 Å². The summed E-state index contributed by atoms with van der Waals surface area (Å²) in [6, 6.07) is 15.2. The van der Waals surface area contributed by atoms with Crippen LogP contribution in [0.2, 0.25) is 18.1 Å². The van der Waals surface area contributed by atoms with Crippen LogP contribution in [0.5, 0.6) is 0 Å². The highest BCUT2D eigenvalue weighted by atomic mass is 35.5. The first-order chi connectivity index (χ1) is 10.6. The standard InChI is InChI=1S/C20H19ClSi/c1-22(2,19-12-10-14-6-3-4-7-15(14)19)20-13-11-16-17(20)8-5-9-18(16)21/h3-13,19-20H,1-2H3. The SMILES string of the molecule is C[Si](C)(C1C=Cc2ccccc21)C1C=Cc2c(Cl)cccc21. The van der Waals surface area contributed by atoms with Crippen LogP contribution in [0.3, 0.4) is 0 Å². The Hall–Kier alpha value is -1.57. The molecule has 0 nitrogen and oxygen atoms in total. The largest absolute Gasteiger partial charge is 0.0837 e. The first-order valence-electron chi connectivity index (χ1n) is 7.83. The van der Waals surface area contributed by atoms with Crippen molar-refractivity contribution in [2.45, 2.75) is 24.2 Å². The van der Waals surface area contributed by atoms with Gasteiger partial charge in [-0.3, -0.25) is 0 Å². The molecule has 0 spiro atoms. The Morgan fingerprint density at radius 2 is 1.50 bits per heavy atom. The minimum atomic E-state index is -1.59. The van der Waals surface area contributed by atoms with Gasteiger partial charge in [0.05, 0.1) is 8.07 Å². The number of allylic oxidation sites excluding steroid dienone is 2. The van der Waals surface area contributed by atoms with Gasteiger partial charge in [0, 0.05) is 5.02 Å². The summed E-state index contributed by atoms with van der Waals surface area (Å²) in [6.07, 6.45) is 9.33. The molecule has 22 heavy (non-hydrogen) atoms. The van der Waals surface area contributed by atoms with Crippen LogP contribution in [-0.2, 0) is 0 Å². The summed E-state index contributed by atoms with van der Waals surface area (Å²) < 4.78 is 0. The predicted molar refractivity (Wildman–Crippen MR) is 98.9 cm³/mol. The summed E-state index contributed by atoms with van der Waals surface area (Å²) in [5, 5.41) is 0.878. The zero-order chi connectivity index (χ0) is 15.3. The minimum absolute atomic E-state index is 0.530. The first kappa shape index (κ1) is 14.0. The van der Waals surface area contributed by atoms with E-state index >= 15 is 0 Å². The third kappa shape index (κ3) is 1.96. The van der Waals surface area contributed by atoms with E-state index in [0.29, 0.717) is 11.1 Å². The molecule has 4 rings (SSSR count). The fourth-order valence-electron chi connectivity index (χ4n) is 4.04. The summed E-state index contributed by atoms with van der Waals surface area (Å²) in [5.74, 6) is 0. The molecule has 0 fully saturated rings. The van der Waals surface area contributed by atoms with Gasteiger partial charge in [0.2, 0.25) is 0 Å². The van der Waals surface area contributed by atoms with E-state index in [9.17, 15) is 0 Å². The summed E-state index contributed by atoms with van der Waals surface area (Å²) in [6.45, 7) is 5.02. The van der Waals surface area contributed by atoms with E-state index in [4.69, 9.17) is 11.6 Å². The summed E-state index contributed by atoms with van der Waals surface area (Å²) in [5.41, 5.74) is 6.64. The van der Waals surface area contributed by atoms with Crippen molar-refractivity contribution in [3.63, 3.8) is 0 Å². The zero-order valence-electron chi connectivity index (χ0n) is 12.9. The molecule has 2 aliphatic rings. The molecular formula is C20H19ClSi. The zero-order valence-corrected chi connectivity index (χ0v) is 14.6. The quantitative estimate of drug-likeness (QED) is 0.590. The third-order valence-electron chi connectivity index (χ3n) is 5.28. The average Bonchev–Trinajstić information content (AvgIpc) is 3.12. The lowest BCUT2D eigenvalue weighted by Gasteiger charge is -2.35. The van der Waals surface area contributed by atoms with Gasteiger partial charge in [-0.25, -0.2) is 0 Å². The third-order valence-corrected chi connectivity index (χ3v) is 9.82. The van der Waals surface area contributed by atoms with Crippen LogP contribution in [0.1, 0.15) is 33.3 Å². The highest BCUT2D eigenvalue weighted by molar-refractivity contribution is 6.81. The molecule has 0 aromatic heterocycles. The molecule has 0 N–H and O–H groups in total. The van der Waals surface area contributed by atoms with Crippen molar-refractivity contribution >= 4 is 31.8 Å². The molecule has 2 heteroatoms. The maximum atomic E-state index is 6.38. The van der Waals surface area contributed by atoms with Crippen molar-refractivity contribution in [2.75, 3.05) is 0 Å². The second-order valence-corrected chi connectivity index (χ2v) is 12.2. The van der Waals surface area contributed by atoms with Crippen LogP contribution in [0.15, 0.2) is 54.6 Å². The molecule has 2 aromatic carbocycles. The highest BCUT2D eigenvalue weighted by Gasteiger charge is 2.42. The fraction of sp³-hybridized carbons (Fsp3) is 0.200.